The van der Waals surface area contributed by atoms with Crippen LogP contribution in [0.2, 0.25) is 0 Å². The van der Waals surface area contributed by atoms with Crippen molar-refractivity contribution in [2.75, 3.05) is 0 Å². The maximum absolute atomic E-state index is 11.2. The predicted molar refractivity (Wildman–Crippen MR) is 99.5 cm³/mol. The van der Waals surface area contributed by atoms with E-state index in [-0.39, 0.29) is 0 Å². The molecule has 2 aromatic carbocycles. The summed E-state index contributed by atoms with van der Waals surface area (Å²) in [6.07, 6.45) is 0.948. The van der Waals surface area contributed by atoms with E-state index in [0.29, 0.717) is 0 Å². The number of benzene rings is 2. The van der Waals surface area contributed by atoms with E-state index in [1.54, 1.807) is 11.3 Å². The Balaban J connectivity index is 2.04. The van der Waals surface area contributed by atoms with E-state index in [4.69, 9.17) is 0 Å². The van der Waals surface area contributed by atoms with Gasteiger partial charge in [0.2, 0.25) is 0 Å². The van der Waals surface area contributed by atoms with Crippen LogP contribution in [0.5, 0.6) is 0 Å². The molecule has 0 aliphatic carbocycles. The second kappa shape index (κ2) is 6.13. The van der Waals surface area contributed by atoms with Gasteiger partial charge in [0.05, 0.1) is 0 Å². The third-order valence-corrected chi connectivity index (χ3v) is 5.29. The SMILES string of the molecule is Cc1cc(C)cc(-c2ccc(-c3cc(C)c(C=O)c(C)c3)s2)c1. The van der Waals surface area contributed by atoms with Crippen LogP contribution in [0.25, 0.3) is 20.9 Å². The molecule has 23 heavy (non-hydrogen) atoms. The van der Waals surface area contributed by atoms with E-state index in [2.05, 4.69) is 56.3 Å². The first-order chi connectivity index (χ1) is 11.0. The minimum atomic E-state index is 0.805. The van der Waals surface area contributed by atoms with Crippen LogP contribution in [-0.2, 0) is 0 Å². The zero-order valence-corrected chi connectivity index (χ0v) is 14.8. The molecule has 0 radical (unpaired) electrons. The number of thiophene rings is 1. The number of carbonyl (C=O) groups excluding carboxylic acids is 1. The molecule has 1 heterocycles. The van der Waals surface area contributed by atoms with Crippen molar-refractivity contribution < 1.29 is 4.79 Å². The molecular weight excluding hydrogens is 300 g/mol. The molecule has 0 spiro atoms. The summed E-state index contributed by atoms with van der Waals surface area (Å²) in [5.74, 6) is 0. The van der Waals surface area contributed by atoms with Gasteiger partial charge in [-0.3, -0.25) is 4.79 Å². The van der Waals surface area contributed by atoms with Crippen molar-refractivity contribution in [1.82, 2.24) is 0 Å². The van der Waals surface area contributed by atoms with Crippen LogP contribution >= 0.6 is 11.3 Å². The Labute approximate surface area is 141 Å². The van der Waals surface area contributed by atoms with Gasteiger partial charge < -0.3 is 0 Å². The van der Waals surface area contributed by atoms with Crippen molar-refractivity contribution in [2.24, 2.45) is 0 Å². The highest BCUT2D eigenvalue weighted by Crippen LogP contribution is 2.36. The maximum Gasteiger partial charge on any atom is 0.150 e. The smallest absolute Gasteiger partial charge is 0.150 e. The lowest BCUT2D eigenvalue weighted by Crippen LogP contribution is -1.92. The molecule has 0 N–H and O–H groups in total. The number of rotatable bonds is 3. The first-order valence-electron chi connectivity index (χ1n) is 7.73. The highest BCUT2D eigenvalue weighted by molar-refractivity contribution is 7.18. The Bertz CT molecular complexity index is 843. The van der Waals surface area contributed by atoms with Gasteiger partial charge in [0, 0.05) is 15.3 Å². The fraction of sp³-hybridized carbons (Fsp3) is 0.190. The van der Waals surface area contributed by atoms with E-state index in [1.165, 1.54) is 32.0 Å². The normalized spacial score (nSPS) is 10.8. The Morgan fingerprint density at radius 1 is 0.739 bits per heavy atom. The highest BCUT2D eigenvalue weighted by atomic mass is 32.1. The molecule has 0 aliphatic rings. The Morgan fingerprint density at radius 2 is 1.22 bits per heavy atom. The van der Waals surface area contributed by atoms with E-state index >= 15 is 0 Å². The summed E-state index contributed by atoms with van der Waals surface area (Å²) in [5, 5.41) is 0. The molecule has 0 aliphatic heterocycles. The van der Waals surface area contributed by atoms with E-state index < -0.39 is 0 Å². The third kappa shape index (κ3) is 3.13. The summed E-state index contributed by atoms with van der Waals surface area (Å²) in [6, 6.07) is 15.2. The molecule has 0 saturated heterocycles. The molecule has 0 amide bonds. The molecule has 3 rings (SSSR count). The topological polar surface area (TPSA) is 17.1 Å². The largest absolute Gasteiger partial charge is 0.298 e. The van der Waals surface area contributed by atoms with Crippen LogP contribution in [0.4, 0.5) is 0 Å². The summed E-state index contributed by atoms with van der Waals surface area (Å²) in [4.78, 5) is 13.7. The number of aldehydes is 1. The van der Waals surface area contributed by atoms with Crippen molar-refractivity contribution in [3.05, 3.63) is 70.3 Å². The molecular formula is C21H20OS. The average molecular weight is 320 g/mol. The van der Waals surface area contributed by atoms with Crippen molar-refractivity contribution in [1.29, 1.82) is 0 Å². The first-order valence-corrected chi connectivity index (χ1v) is 8.55. The minimum Gasteiger partial charge on any atom is -0.298 e. The van der Waals surface area contributed by atoms with Gasteiger partial charge in [0.25, 0.3) is 0 Å². The quantitative estimate of drug-likeness (QED) is 0.531. The van der Waals surface area contributed by atoms with Crippen LogP contribution in [0, 0.1) is 27.7 Å². The summed E-state index contributed by atoms with van der Waals surface area (Å²) in [6.45, 7) is 8.27. The number of hydrogen-bond donors (Lipinski definition) is 0. The van der Waals surface area contributed by atoms with Gasteiger partial charge in [-0.15, -0.1) is 11.3 Å². The molecule has 0 unspecified atom stereocenters. The molecule has 0 saturated carbocycles. The van der Waals surface area contributed by atoms with E-state index in [0.717, 1.165) is 23.0 Å². The lowest BCUT2D eigenvalue weighted by molar-refractivity contribution is 0.112. The van der Waals surface area contributed by atoms with Gasteiger partial charge >= 0.3 is 0 Å². The number of aryl methyl sites for hydroxylation is 4. The predicted octanol–water partition coefficient (Wildman–Crippen LogP) is 6.13. The second-order valence-corrected chi connectivity index (χ2v) is 7.27. The van der Waals surface area contributed by atoms with Gasteiger partial charge in [-0.2, -0.15) is 0 Å². The van der Waals surface area contributed by atoms with Crippen LogP contribution in [-0.4, -0.2) is 6.29 Å². The molecule has 1 nitrogen and oxygen atoms in total. The van der Waals surface area contributed by atoms with E-state index in [1.807, 2.05) is 13.8 Å². The summed E-state index contributed by atoms with van der Waals surface area (Å²) in [5.41, 5.74) is 7.92. The number of carbonyl (C=O) groups is 1. The lowest BCUT2D eigenvalue weighted by Gasteiger charge is -2.07. The Hall–Kier alpha value is -2.19. The van der Waals surface area contributed by atoms with Gasteiger partial charge in [0.15, 0.2) is 6.29 Å². The van der Waals surface area contributed by atoms with Crippen molar-refractivity contribution in [3.8, 4) is 20.9 Å². The lowest BCUT2D eigenvalue weighted by atomic mass is 9.99. The van der Waals surface area contributed by atoms with Crippen molar-refractivity contribution in [2.45, 2.75) is 27.7 Å². The Morgan fingerprint density at radius 3 is 1.70 bits per heavy atom. The molecule has 2 heteroatoms. The second-order valence-electron chi connectivity index (χ2n) is 6.18. The van der Waals surface area contributed by atoms with Crippen LogP contribution in [0.15, 0.2) is 42.5 Å². The van der Waals surface area contributed by atoms with E-state index in [9.17, 15) is 4.79 Å². The first kappa shape index (κ1) is 15.7. The fourth-order valence-corrected chi connectivity index (χ4v) is 4.05. The van der Waals surface area contributed by atoms with Crippen molar-refractivity contribution >= 4 is 17.6 Å². The number of hydrogen-bond acceptors (Lipinski definition) is 2. The average Bonchev–Trinajstić information content (AvgIpc) is 2.95. The van der Waals surface area contributed by atoms with Crippen LogP contribution < -0.4 is 0 Å². The summed E-state index contributed by atoms with van der Waals surface area (Å²) in [7, 11) is 0. The van der Waals surface area contributed by atoms with Gasteiger partial charge in [-0.25, -0.2) is 0 Å². The van der Waals surface area contributed by atoms with Crippen molar-refractivity contribution in [3.63, 3.8) is 0 Å². The maximum atomic E-state index is 11.2. The van der Waals surface area contributed by atoms with Gasteiger partial charge in [-0.05, 0) is 74.2 Å². The molecule has 0 bridgehead atoms. The third-order valence-electron chi connectivity index (χ3n) is 4.11. The minimum absolute atomic E-state index is 0.805. The zero-order chi connectivity index (χ0) is 16.6. The zero-order valence-electron chi connectivity index (χ0n) is 13.9. The summed E-state index contributed by atoms with van der Waals surface area (Å²) >= 11 is 1.80. The molecule has 0 atom stereocenters. The standard InChI is InChI=1S/C21H20OS/c1-13-7-14(2)9-17(8-13)20-5-6-21(23-20)18-10-15(3)19(12-22)16(4)11-18/h5-12H,1-4H3. The van der Waals surface area contributed by atoms with Crippen LogP contribution in [0.3, 0.4) is 0 Å². The molecule has 0 fully saturated rings. The monoisotopic (exact) mass is 320 g/mol. The summed E-state index contributed by atoms with van der Waals surface area (Å²) < 4.78 is 0. The fourth-order valence-electron chi connectivity index (χ4n) is 3.07. The highest BCUT2D eigenvalue weighted by Gasteiger charge is 2.09. The Kier molecular flexibility index (Phi) is 4.18. The van der Waals surface area contributed by atoms with Gasteiger partial charge in [-0.1, -0.05) is 29.3 Å². The van der Waals surface area contributed by atoms with Gasteiger partial charge in [0.1, 0.15) is 0 Å². The molecule has 1 aromatic heterocycles. The molecule has 116 valence electrons. The van der Waals surface area contributed by atoms with Crippen LogP contribution in [0.1, 0.15) is 32.6 Å². The molecule has 3 aromatic rings.